The largest absolute Gasteiger partial charge is 0.462 e. The van der Waals surface area contributed by atoms with E-state index in [1.54, 1.807) is 6.92 Å². The Morgan fingerprint density at radius 2 is 1.71 bits per heavy atom. The van der Waals surface area contributed by atoms with Crippen LogP contribution in [0.25, 0.3) is 11.1 Å². The minimum atomic E-state index is -0.428. The molecule has 4 rings (SSSR count). The van der Waals surface area contributed by atoms with Crippen molar-refractivity contribution in [3.05, 3.63) is 40.8 Å². The summed E-state index contributed by atoms with van der Waals surface area (Å²) in [6.07, 6.45) is 4.99. The number of hydrogen-bond acceptors (Lipinski definition) is 6. The molecular weight excluding hydrogens is 462 g/mol. The highest BCUT2D eigenvalue weighted by molar-refractivity contribution is 7.17. The third-order valence-electron chi connectivity index (χ3n) is 6.85. The van der Waals surface area contributed by atoms with E-state index in [2.05, 4.69) is 10.2 Å². The lowest BCUT2D eigenvalue weighted by Crippen LogP contribution is -2.45. The molecule has 1 aromatic carbocycles. The second kappa shape index (κ2) is 11.8. The lowest BCUT2D eigenvalue weighted by molar-refractivity contribution is -0.138. The number of ether oxygens (including phenoxy) is 1. The number of nitrogens with one attached hydrogen (secondary N) is 1. The van der Waals surface area contributed by atoms with Crippen molar-refractivity contribution in [3.63, 3.8) is 0 Å². The molecule has 0 aliphatic carbocycles. The van der Waals surface area contributed by atoms with E-state index in [4.69, 9.17) is 4.74 Å². The SMILES string of the molecule is CCOC(=O)c1c(NC(=O)CN2CCC(C(=O)N3CCCCC3)CC2)sc(C)c1-c1ccccc1. The van der Waals surface area contributed by atoms with E-state index in [-0.39, 0.29) is 30.9 Å². The molecule has 188 valence electrons. The van der Waals surface area contributed by atoms with Crippen molar-refractivity contribution in [2.75, 3.05) is 44.6 Å². The Bertz CT molecular complexity index is 1040. The fraction of sp³-hybridized carbons (Fsp3) is 0.519. The highest BCUT2D eigenvalue weighted by Gasteiger charge is 2.30. The van der Waals surface area contributed by atoms with Gasteiger partial charge >= 0.3 is 5.97 Å². The maximum atomic E-state index is 13.0. The Kier molecular flexibility index (Phi) is 8.57. The molecule has 1 N–H and O–H groups in total. The summed E-state index contributed by atoms with van der Waals surface area (Å²) in [4.78, 5) is 43.7. The van der Waals surface area contributed by atoms with Crippen LogP contribution in [0.4, 0.5) is 5.00 Å². The molecule has 0 atom stereocenters. The van der Waals surface area contributed by atoms with Gasteiger partial charge in [0.15, 0.2) is 0 Å². The number of likely N-dealkylation sites (tertiary alicyclic amines) is 2. The molecule has 2 fully saturated rings. The van der Waals surface area contributed by atoms with Gasteiger partial charge in [0.25, 0.3) is 0 Å². The molecular formula is C27H35N3O4S. The molecule has 8 heteroatoms. The molecule has 7 nitrogen and oxygen atoms in total. The van der Waals surface area contributed by atoms with Crippen molar-refractivity contribution < 1.29 is 19.1 Å². The van der Waals surface area contributed by atoms with Gasteiger partial charge in [0.05, 0.1) is 13.2 Å². The summed E-state index contributed by atoms with van der Waals surface area (Å²) in [7, 11) is 0. The molecule has 2 amide bonds. The van der Waals surface area contributed by atoms with E-state index < -0.39 is 5.97 Å². The van der Waals surface area contributed by atoms with Crippen LogP contribution in [0.1, 0.15) is 54.3 Å². The first-order valence-corrected chi connectivity index (χ1v) is 13.5. The third-order valence-corrected chi connectivity index (χ3v) is 7.87. The minimum absolute atomic E-state index is 0.0659. The molecule has 2 aliphatic heterocycles. The van der Waals surface area contributed by atoms with Gasteiger partial charge in [-0.05, 0) is 64.6 Å². The van der Waals surface area contributed by atoms with Gasteiger partial charge in [-0.15, -0.1) is 11.3 Å². The van der Waals surface area contributed by atoms with Crippen LogP contribution >= 0.6 is 11.3 Å². The van der Waals surface area contributed by atoms with Crippen LogP contribution in [0.15, 0.2) is 30.3 Å². The molecule has 0 saturated carbocycles. The molecule has 0 bridgehead atoms. The van der Waals surface area contributed by atoms with Crippen molar-refractivity contribution in [3.8, 4) is 11.1 Å². The Morgan fingerprint density at radius 1 is 1.03 bits per heavy atom. The van der Waals surface area contributed by atoms with Crippen molar-refractivity contribution >= 4 is 34.1 Å². The Balaban J connectivity index is 1.39. The third kappa shape index (κ3) is 6.11. The fourth-order valence-electron chi connectivity index (χ4n) is 5.06. The Hall–Kier alpha value is -2.71. The molecule has 0 spiro atoms. The summed E-state index contributed by atoms with van der Waals surface area (Å²) in [6, 6.07) is 9.71. The van der Waals surface area contributed by atoms with Crippen LogP contribution in [-0.4, -0.2) is 66.9 Å². The van der Waals surface area contributed by atoms with E-state index in [1.807, 2.05) is 42.2 Å². The van der Waals surface area contributed by atoms with Gasteiger partial charge in [-0.3, -0.25) is 14.5 Å². The first kappa shape index (κ1) is 25.4. The summed E-state index contributed by atoms with van der Waals surface area (Å²) in [5, 5.41) is 3.50. The minimum Gasteiger partial charge on any atom is -0.462 e. The number of hydrogen-bond donors (Lipinski definition) is 1. The number of thiophene rings is 1. The van der Waals surface area contributed by atoms with E-state index in [0.717, 1.165) is 67.9 Å². The smallest absolute Gasteiger partial charge is 0.341 e. The number of aryl methyl sites for hydroxylation is 1. The zero-order valence-electron chi connectivity index (χ0n) is 20.7. The van der Waals surface area contributed by atoms with Crippen LogP contribution in [0.2, 0.25) is 0 Å². The molecule has 3 heterocycles. The number of carbonyl (C=O) groups excluding carboxylic acids is 3. The van der Waals surface area contributed by atoms with Crippen molar-refractivity contribution in [2.45, 2.75) is 46.0 Å². The average Bonchev–Trinajstić information content (AvgIpc) is 3.20. The summed E-state index contributed by atoms with van der Waals surface area (Å²) < 4.78 is 5.33. The number of rotatable bonds is 7. The Morgan fingerprint density at radius 3 is 2.37 bits per heavy atom. The van der Waals surface area contributed by atoms with E-state index in [1.165, 1.54) is 17.8 Å². The fourth-order valence-corrected chi connectivity index (χ4v) is 6.14. The quantitative estimate of drug-likeness (QED) is 0.567. The lowest BCUT2D eigenvalue weighted by atomic mass is 9.94. The number of piperidine rings is 2. The lowest BCUT2D eigenvalue weighted by Gasteiger charge is -2.35. The molecule has 1 aromatic heterocycles. The maximum absolute atomic E-state index is 13.0. The van der Waals surface area contributed by atoms with Crippen LogP contribution < -0.4 is 5.32 Å². The first-order valence-electron chi connectivity index (χ1n) is 12.6. The van der Waals surface area contributed by atoms with Crippen molar-refractivity contribution in [1.29, 1.82) is 0 Å². The Labute approximate surface area is 211 Å². The van der Waals surface area contributed by atoms with Gasteiger partial charge < -0.3 is 15.0 Å². The van der Waals surface area contributed by atoms with Crippen LogP contribution in [0.3, 0.4) is 0 Å². The summed E-state index contributed by atoms with van der Waals surface area (Å²) in [5.41, 5.74) is 2.14. The molecule has 2 saturated heterocycles. The standard InChI is InChI=1S/C27H35N3O4S/c1-3-34-27(33)24-23(20-10-6-4-7-11-20)19(2)35-25(24)28-22(31)18-29-16-12-21(13-17-29)26(32)30-14-8-5-9-15-30/h4,6-7,10-11,21H,3,5,8-9,12-18H2,1-2H3,(H,28,31). The number of benzene rings is 1. The van der Waals surface area contributed by atoms with Gasteiger partial charge in [0.1, 0.15) is 10.6 Å². The average molecular weight is 498 g/mol. The second-order valence-electron chi connectivity index (χ2n) is 9.31. The van der Waals surface area contributed by atoms with E-state index in [9.17, 15) is 14.4 Å². The van der Waals surface area contributed by atoms with Crippen LogP contribution in [-0.2, 0) is 14.3 Å². The van der Waals surface area contributed by atoms with Crippen LogP contribution in [0.5, 0.6) is 0 Å². The van der Waals surface area contributed by atoms with E-state index in [0.29, 0.717) is 10.6 Å². The maximum Gasteiger partial charge on any atom is 0.341 e. The number of amides is 2. The summed E-state index contributed by atoms with van der Waals surface area (Å²) in [6.45, 7) is 7.45. The number of carbonyl (C=O) groups is 3. The van der Waals surface area contributed by atoms with Gasteiger partial charge in [-0.1, -0.05) is 30.3 Å². The number of anilines is 1. The number of nitrogens with zero attached hydrogens (tertiary/aromatic N) is 2. The zero-order valence-corrected chi connectivity index (χ0v) is 21.5. The van der Waals surface area contributed by atoms with Crippen LogP contribution in [0, 0.1) is 12.8 Å². The monoisotopic (exact) mass is 497 g/mol. The highest BCUT2D eigenvalue weighted by atomic mass is 32.1. The molecule has 0 unspecified atom stereocenters. The van der Waals surface area contributed by atoms with Gasteiger partial charge in [0, 0.05) is 29.4 Å². The van der Waals surface area contributed by atoms with Crippen molar-refractivity contribution in [2.24, 2.45) is 5.92 Å². The normalized spacial score (nSPS) is 17.3. The first-order chi connectivity index (χ1) is 17.0. The predicted molar refractivity (Wildman–Crippen MR) is 139 cm³/mol. The second-order valence-corrected chi connectivity index (χ2v) is 10.5. The molecule has 2 aliphatic rings. The summed E-state index contributed by atoms with van der Waals surface area (Å²) >= 11 is 1.40. The van der Waals surface area contributed by atoms with Gasteiger partial charge in [-0.2, -0.15) is 0 Å². The number of esters is 1. The summed E-state index contributed by atoms with van der Waals surface area (Å²) in [5.74, 6) is -0.230. The van der Waals surface area contributed by atoms with Gasteiger partial charge in [0.2, 0.25) is 11.8 Å². The van der Waals surface area contributed by atoms with Crippen molar-refractivity contribution in [1.82, 2.24) is 9.80 Å². The zero-order chi connectivity index (χ0) is 24.8. The van der Waals surface area contributed by atoms with Gasteiger partial charge in [-0.25, -0.2) is 4.79 Å². The molecule has 0 radical (unpaired) electrons. The topological polar surface area (TPSA) is 79.0 Å². The highest BCUT2D eigenvalue weighted by Crippen LogP contribution is 2.40. The molecule has 35 heavy (non-hydrogen) atoms. The molecule has 2 aromatic rings. The van der Waals surface area contributed by atoms with E-state index >= 15 is 0 Å². The predicted octanol–water partition coefficient (Wildman–Crippen LogP) is 4.56.